The quantitative estimate of drug-likeness (QED) is 0.785. The zero-order valence-electron chi connectivity index (χ0n) is 14.3. The zero-order chi connectivity index (χ0) is 17.1. The molecule has 0 radical (unpaired) electrons. The lowest BCUT2D eigenvalue weighted by atomic mass is 10.2. The predicted molar refractivity (Wildman–Crippen MR) is 96.5 cm³/mol. The van der Waals surface area contributed by atoms with Crippen LogP contribution in [0.2, 0.25) is 0 Å². The summed E-state index contributed by atoms with van der Waals surface area (Å²) in [4.78, 5) is 18.9. The highest BCUT2D eigenvalue weighted by Gasteiger charge is 2.08. The third-order valence-corrected chi connectivity index (χ3v) is 4.14. The Labute approximate surface area is 141 Å². The van der Waals surface area contributed by atoms with Crippen molar-refractivity contribution in [2.24, 2.45) is 0 Å². The van der Waals surface area contributed by atoms with Crippen LogP contribution in [0.5, 0.6) is 0 Å². The number of nitrogens with one attached hydrogen (secondary N) is 1. The lowest BCUT2D eigenvalue weighted by Crippen LogP contribution is -2.23. The Kier molecular flexibility index (Phi) is 4.51. The van der Waals surface area contributed by atoms with Crippen LogP contribution in [0.25, 0.3) is 5.65 Å². The Balaban J connectivity index is 1.65. The van der Waals surface area contributed by atoms with Crippen LogP contribution < -0.4 is 10.2 Å². The number of benzene rings is 1. The molecule has 2 aromatic heterocycles. The number of rotatable bonds is 5. The molecule has 0 bridgehead atoms. The van der Waals surface area contributed by atoms with Crippen LogP contribution in [-0.2, 0) is 6.54 Å². The summed E-state index contributed by atoms with van der Waals surface area (Å²) >= 11 is 0. The van der Waals surface area contributed by atoms with Crippen molar-refractivity contribution in [3.8, 4) is 0 Å². The number of fused-ring (bicyclic) bond motifs is 1. The Morgan fingerprint density at radius 1 is 1.25 bits per heavy atom. The van der Waals surface area contributed by atoms with E-state index in [9.17, 15) is 4.79 Å². The molecular formula is C19H22N4O. The van der Waals surface area contributed by atoms with Gasteiger partial charge in [-0.3, -0.25) is 4.79 Å². The van der Waals surface area contributed by atoms with E-state index < -0.39 is 0 Å². The topological polar surface area (TPSA) is 49.6 Å². The number of anilines is 1. The van der Waals surface area contributed by atoms with Crippen LogP contribution in [0.15, 0.2) is 48.8 Å². The van der Waals surface area contributed by atoms with Gasteiger partial charge in [0.15, 0.2) is 0 Å². The summed E-state index contributed by atoms with van der Waals surface area (Å²) < 4.78 is 1.96. The minimum atomic E-state index is -0.0889. The number of amides is 1. The number of pyridine rings is 1. The molecule has 0 aliphatic heterocycles. The maximum absolute atomic E-state index is 12.3. The maximum atomic E-state index is 12.3. The van der Waals surface area contributed by atoms with Crippen molar-refractivity contribution in [1.29, 1.82) is 0 Å². The average molecular weight is 322 g/mol. The van der Waals surface area contributed by atoms with E-state index in [0.717, 1.165) is 23.6 Å². The molecule has 5 heteroatoms. The van der Waals surface area contributed by atoms with Gasteiger partial charge in [0, 0.05) is 37.2 Å². The molecule has 0 unspecified atom stereocenters. The molecule has 0 fully saturated rings. The Morgan fingerprint density at radius 2 is 2.00 bits per heavy atom. The van der Waals surface area contributed by atoms with Crippen molar-refractivity contribution in [3.05, 3.63) is 65.6 Å². The molecular weight excluding hydrogens is 300 g/mol. The number of nitrogens with zero attached hydrogens (tertiary/aromatic N) is 3. The lowest BCUT2D eigenvalue weighted by Gasteiger charge is -2.16. The SMILES string of the molecule is CCN(C)c1ccc(C(=O)NCc2cn3ccc(C)cc3n2)cc1. The van der Waals surface area contributed by atoms with E-state index in [-0.39, 0.29) is 5.91 Å². The van der Waals surface area contributed by atoms with Gasteiger partial charge in [0.1, 0.15) is 5.65 Å². The fraction of sp³-hybridized carbons (Fsp3) is 0.263. The summed E-state index contributed by atoms with van der Waals surface area (Å²) in [6.45, 7) is 5.47. The first-order chi connectivity index (χ1) is 11.6. The van der Waals surface area contributed by atoms with Crippen molar-refractivity contribution >= 4 is 17.2 Å². The number of hydrogen-bond donors (Lipinski definition) is 1. The van der Waals surface area contributed by atoms with Crippen molar-refractivity contribution < 1.29 is 4.79 Å². The first-order valence-corrected chi connectivity index (χ1v) is 8.10. The fourth-order valence-corrected chi connectivity index (χ4v) is 2.54. The number of aryl methyl sites for hydroxylation is 1. The molecule has 2 heterocycles. The van der Waals surface area contributed by atoms with E-state index in [4.69, 9.17) is 0 Å². The summed E-state index contributed by atoms with van der Waals surface area (Å²) in [5, 5.41) is 2.93. The fourth-order valence-electron chi connectivity index (χ4n) is 2.54. The minimum Gasteiger partial charge on any atom is -0.375 e. The molecule has 24 heavy (non-hydrogen) atoms. The number of carbonyl (C=O) groups is 1. The monoisotopic (exact) mass is 322 g/mol. The van der Waals surface area contributed by atoms with E-state index in [1.54, 1.807) is 0 Å². The van der Waals surface area contributed by atoms with Crippen LogP contribution in [0.3, 0.4) is 0 Å². The second-order valence-electron chi connectivity index (χ2n) is 5.95. The van der Waals surface area contributed by atoms with Gasteiger partial charge in [0.05, 0.1) is 12.2 Å². The van der Waals surface area contributed by atoms with Crippen LogP contribution >= 0.6 is 0 Å². The smallest absolute Gasteiger partial charge is 0.251 e. The van der Waals surface area contributed by atoms with Crippen molar-refractivity contribution in [2.75, 3.05) is 18.5 Å². The predicted octanol–water partition coefficient (Wildman–Crippen LogP) is 3.03. The third kappa shape index (κ3) is 3.40. The summed E-state index contributed by atoms with van der Waals surface area (Å²) in [7, 11) is 2.03. The van der Waals surface area contributed by atoms with E-state index in [2.05, 4.69) is 22.1 Å². The molecule has 1 aromatic carbocycles. The Hall–Kier alpha value is -2.82. The molecule has 0 saturated heterocycles. The molecule has 124 valence electrons. The van der Waals surface area contributed by atoms with Gasteiger partial charge in [-0.25, -0.2) is 4.98 Å². The standard InChI is InChI=1S/C19H22N4O/c1-4-22(3)17-7-5-15(6-8-17)19(24)20-12-16-13-23-10-9-14(2)11-18(23)21-16/h5-11,13H,4,12H2,1-3H3,(H,20,24). The highest BCUT2D eigenvalue weighted by Crippen LogP contribution is 2.13. The number of hydrogen-bond acceptors (Lipinski definition) is 3. The summed E-state index contributed by atoms with van der Waals surface area (Å²) in [6.07, 6.45) is 3.92. The molecule has 0 aliphatic rings. The van der Waals surface area contributed by atoms with E-state index >= 15 is 0 Å². The molecule has 5 nitrogen and oxygen atoms in total. The third-order valence-electron chi connectivity index (χ3n) is 4.14. The first kappa shape index (κ1) is 16.1. The zero-order valence-corrected chi connectivity index (χ0v) is 14.3. The molecule has 0 spiro atoms. The summed E-state index contributed by atoms with van der Waals surface area (Å²) in [5.74, 6) is -0.0889. The number of carbonyl (C=O) groups excluding carboxylic acids is 1. The van der Waals surface area contributed by atoms with Gasteiger partial charge in [0.2, 0.25) is 0 Å². The molecule has 1 N–H and O–H groups in total. The van der Waals surface area contributed by atoms with Gasteiger partial charge in [-0.05, 0) is 55.8 Å². The minimum absolute atomic E-state index is 0.0889. The molecule has 0 atom stereocenters. The van der Waals surface area contributed by atoms with Gasteiger partial charge in [-0.2, -0.15) is 0 Å². The number of imidazole rings is 1. The Bertz CT molecular complexity index is 851. The van der Waals surface area contributed by atoms with Gasteiger partial charge < -0.3 is 14.6 Å². The van der Waals surface area contributed by atoms with E-state index in [0.29, 0.717) is 12.1 Å². The first-order valence-electron chi connectivity index (χ1n) is 8.10. The molecule has 3 rings (SSSR count). The molecule has 1 amide bonds. The lowest BCUT2D eigenvalue weighted by molar-refractivity contribution is 0.0950. The van der Waals surface area contributed by atoms with Gasteiger partial charge in [-0.15, -0.1) is 0 Å². The van der Waals surface area contributed by atoms with Crippen molar-refractivity contribution in [3.63, 3.8) is 0 Å². The summed E-state index contributed by atoms with van der Waals surface area (Å²) in [5.41, 5.74) is 4.66. The highest BCUT2D eigenvalue weighted by atomic mass is 16.1. The van der Waals surface area contributed by atoms with Crippen LogP contribution in [-0.4, -0.2) is 28.9 Å². The van der Waals surface area contributed by atoms with Crippen molar-refractivity contribution in [2.45, 2.75) is 20.4 Å². The van der Waals surface area contributed by atoms with Crippen LogP contribution in [0, 0.1) is 6.92 Å². The van der Waals surface area contributed by atoms with Crippen LogP contribution in [0.4, 0.5) is 5.69 Å². The van der Waals surface area contributed by atoms with E-state index in [1.165, 1.54) is 5.56 Å². The van der Waals surface area contributed by atoms with Crippen LogP contribution in [0.1, 0.15) is 28.5 Å². The second kappa shape index (κ2) is 6.74. The van der Waals surface area contributed by atoms with Crippen molar-refractivity contribution in [1.82, 2.24) is 14.7 Å². The van der Waals surface area contributed by atoms with Gasteiger partial charge in [0.25, 0.3) is 5.91 Å². The number of aromatic nitrogens is 2. The normalized spacial score (nSPS) is 10.8. The molecule has 0 aliphatic carbocycles. The summed E-state index contributed by atoms with van der Waals surface area (Å²) in [6, 6.07) is 11.7. The highest BCUT2D eigenvalue weighted by molar-refractivity contribution is 5.94. The molecule has 0 saturated carbocycles. The Morgan fingerprint density at radius 3 is 2.71 bits per heavy atom. The second-order valence-corrected chi connectivity index (χ2v) is 5.95. The van der Waals surface area contributed by atoms with Gasteiger partial charge >= 0.3 is 0 Å². The maximum Gasteiger partial charge on any atom is 0.251 e. The van der Waals surface area contributed by atoms with Gasteiger partial charge in [-0.1, -0.05) is 0 Å². The molecule has 3 aromatic rings. The van der Waals surface area contributed by atoms with E-state index in [1.807, 2.05) is 67.2 Å². The largest absolute Gasteiger partial charge is 0.375 e. The average Bonchev–Trinajstić information content (AvgIpc) is 3.01.